The maximum Gasteiger partial charge on any atom is 0.229 e. The number of sulfonamides is 1. The molecule has 11 heteroatoms. The minimum atomic E-state index is -3.34. The highest BCUT2D eigenvalue weighted by atomic mass is 32.2. The lowest BCUT2D eigenvalue weighted by atomic mass is 10.1. The highest BCUT2D eigenvalue weighted by molar-refractivity contribution is 8.14. The molecular formula is C24H27N5O4S2. The molecule has 2 aromatic carbocycles. The molecule has 184 valence electrons. The molecule has 1 saturated heterocycles. The molecule has 35 heavy (non-hydrogen) atoms. The summed E-state index contributed by atoms with van der Waals surface area (Å²) < 4.78 is 30.7. The van der Waals surface area contributed by atoms with Gasteiger partial charge in [-0.05, 0) is 42.2 Å². The lowest BCUT2D eigenvalue weighted by molar-refractivity contribution is 0.108. The smallest absolute Gasteiger partial charge is 0.229 e. The van der Waals surface area contributed by atoms with Crippen LogP contribution in [0.4, 0.5) is 23.0 Å². The van der Waals surface area contributed by atoms with Gasteiger partial charge in [0.05, 0.1) is 30.7 Å². The Morgan fingerprint density at radius 1 is 1.09 bits per heavy atom. The Kier molecular flexibility index (Phi) is 7.89. The number of thioether (sulfide) groups is 1. The van der Waals surface area contributed by atoms with E-state index in [0.717, 1.165) is 30.6 Å². The summed E-state index contributed by atoms with van der Waals surface area (Å²) in [6.07, 6.45) is 2.76. The molecule has 0 radical (unpaired) electrons. The number of nitrogens with one attached hydrogen (secondary N) is 2. The largest absolute Gasteiger partial charge is 0.378 e. The first-order chi connectivity index (χ1) is 16.8. The van der Waals surface area contributed by atoms with Gasteiger partial charge in [-0.25, -0.2) is 18.4 Å². The Balaban J connectivity index is 1.56. The van der Waals surface area contributed by atoms with Crippen molar-refractivity contribution in [2.75, 3.05) is 53.3 Å². The summed E-state index contributed by atoms with van der Waals surface area (Å²) in [5.74, 6) is 1.09. The van der Waals surface area contributed by atoms with Crippen LogP contribution in [-0.2, 0) is 14.8 Å². The Morgan fingerprint density at radius 3 is 2.49 bits per heavy atom. The predicted molar refractivity (Wildman–Crippen MR) is 141 cm³/mol. The first-order valence-corrected chi connectivity index (χ1v) is 14.0. The monoisotopic (exact) mass is 513 g/mol. The fourth-order valence-electron chi connectivity index (χ4n) is 3.70. The van der Waals surface area contributed by atoms with Crippen LogP contribution in [-0.4, -0.2) is 61.8 Å². The SMILES string of the molecule is CCSC(=O)c1cc(Nc2nccc(-c3ccc(NS(C)(=O)=O)cc3)n2)ccc1N1CCOCC1. The summed E-state index contributed by atoms with van der Waals surface area (Å²) in [6.45, 7) is 4.73. The average molecular weight is 514 g/mol. The van der Waals surface area contributed by atoms with E-state index in [-0.39, 0.29) is 5.12 Å². The number of hydrogen-bond donors (Lipinski definition) is 2. The molecule has 1 aliphatic heterocycles. The van der Waals surface area contributed by atoms with E-state index in [1.807, 2.05) is 25.1 Å². The normalized spacial score (nSPS) is 13.9. The van der Waals surface area contributed by atoms with Crippen molar-refractivity contribution in [1.29, 1.82) is 0 Å². The topological polar surface area (TPSA) is 114 Å². The highest BCUT2D eigenvalue weighted by Gasteiger charge is 2.20. The molecular weight excluding hydrogens is 486 g/mol. The molecule has 2 heterocycles. The fourth-order valence-corrected chi connectivity index (χ4v) is 4.84. The molecule has 0 saturated carbocycles. The number of anilines is 4. The second-order valence-electron chi connectivity index (χ2n) is 7.89. The molecule has 0 atom stereocenters. The molecule has 0 amide bonds. The van der Waals surface area contributed by atoms with E-state index in [4.69, 9.17) is 4.74 Å². The summed E-state index contributed by atoms with van der Waals surface area (Å²) in [4.78, 5) is 24.0. The number of carbonyl (C=O) groups excluding carboxylic acids is 1. The van der Waals surface area contributed by atoms with Crippen molar-refractivity contribution in [3.05, 3.63) is 60.3 Å². The Hall–Kier alpha value is -3.15. The Labute approximate surface area is 209 Å². The van der Waals surface area contributed by atoms with Gasteiger partial charge in [-0.1, -0.05) is 30.8 Å². The van der Waals surface area contributed by atoms with E-state index in [2.05, 4.69) is 24.9 Å². The van der Waals surface area contributed by atoms with Crippen LogP contribution < -0.4 is 14.9 Å². The second kappa shape index (κ2) is 11.1. The van der Waals surface area contributed by atoms with E-state index >= 15 is 0 Å². The third kappa shape index (κ3) is 6.71. The maximum atomic E-state index is 12.9. The molecule has 0 spiro atoms. The molecule has 2 N–H and O–H groups in total. The summed E-state index contributed by atoms with van der Waals surface area (Å²) in [5.41, 5.74) is 4.23. The van der Waals surface area contributed by atoms with Crippen LogP contribution in [0.1, 0.15) is 17.3 Å². The summed E-state index contributed by atoms with van der Waals surface area (Å²) in [7, 11) is -3.34. The van der Waals surface area contributed by atoms with E-state index in [1.165, 1.54) is 11.8 Å². The molecule has 3 aromatic rings. The summed E-state index contributed by atoms with van der Waals surface area (Å²) >= 11 is 1.28. The predicted octanol–water partition coefficient (Wildman–Crippen LogP) is 3.99. The molecule has 9 nitrogen and oxygen atoms in total. The van der Waals surface area contributed by atoms with Crippen molar-refractivity contribution in [1.82, 2.24) is 9.97 Å². The van der Waals surface area contributed by atoms with Gasteiger partial charge in [-0.15, -0.1) is 0 Å². The van der Waals surface area contributed by atoms with E-state index in [1.54, 1.807) is 36.5 Å². The van der Waals surface area contributed by atoms with Gasteiger partial charge in [0.2, 0.25) is 21.1 Å². The average Bonchev–Trinajstić information content (AvgIpc) is 2.84. The first kappa shape index (κ1) is 25.0. The molecule has 1 aromatic heterocycles. The van der Waals surface area contributed by atoms with E-state index in [9.17, 15) is 13.2 Å². The van der Waals surface area contributed by atoms with Crippen LogP contribution in [0, 0.1) is 0 Å². The van der Waals surface area contributed by atoms with Crippen molar-refractivity contribution < 1.29 is 17.9 Å². The number of aromatic nitrogens is 2. The summed E-state index contributed by atoms with van der Waals surface area (Å²) in [6, 6.07) is 14.4. The molecule has 0 unspecified atom stereocenters. The van der Waals surface area contributed by atoms with Gasteiger partial charge in [-0.2, -0.15) is 0 Å². The van der Waals surface area contributed by atoms with Crippen LogP contribution in [0.15, 0.2) is 54.7 Å². The van der Waals surface area contributed by atoms with Crippen molar-refractivity contribution in [2.45, 2.75) is 6.92 Å². The molecule has 4 rings (SSSR count). The van der Waals surface area contributed by atoms with Crippen LogP contribution in [0.3, 0.4) is 0 Å². The number of rotatable bonds is 8. The van der Waals surface area contributed by atoms with Gasteiger partial charge in [0.15, 0.2) is 0 Å². The number of morpholine rings is 1. The van der Waals surface area contributed by atoms with Gasteiger partial charge < -0.3 is 15.0 Å². The van der Waals surface area contributed by atoms with Crippen LogP contribution in [0.5, 0.6) is 0 Å². The quantitative estimate of drug-likeness (QED) is 0.461. The number of hydrogen-bond acceptors (Lipinski definition) is 9. The molecule has 1 aliphatic rings. The minimum absolute atomic E-state index is 0.0232. The zero-order chi connectivity index (χ0) is 24.8. The lowest BCUT2D eigenvalue weighted by Crippen LogP contribution is -2.37. The fraction of sp³-hybridized carbons (Fsp3) is 0.292. The van der Waals surface area contributed by atoms with Crippen molar-refractivity contribution in [3.8, 4) is 11.3 Å². The molecule has 0 bridgehead atoms. The zero-order valence-corrected chi connectivity index (χ0v) is 21.2. The van der Waals surface area contributed by atoms with E-state index < -0.39 is 10.0 Å². The number of carbonyl (C=O) groups is 1. The number of nitrogens with zero attached hydrogens (tertiary/aromatic N) is 3. The van der Waals surface area contributed by atoms with Crippen molar-refractivity contribution in [3.63, 3.8) is 0 Å². The van der Waals surface area contributed by atoms with Crippen LogP contribution in [0.25, 0.3) is 11.3 Å². The standard InChI is InChI=1S/C24H27N5O4S2/c1-3-34-23(30)20-16-19(8-9-22(20)29-12-14-33-15-13-29)26-24-25-11-10-21(27-24)17-4-6-18(7-5-17)28-35(2,31)32/h4-11,16,28H,3,12-15H2,1-2H3,(H,25,26,27). The number of ether oxygens (including phenoxy) is 1. The molecule has 1 fully saturated rings. The minimum Gasteiger partial charge on any atom is -0.378 e. The Morgan fingerprint density at radius 2 is 1.80 bits per heavy atom. The first-order valence-electron chi connectivity index (χ1n) is 11.1. The molecule has 0 aliphatic carbocycles. The Bertz CT molecular complexity index is 1290. The van der Waals surface area contributed by atoms with Crippen molar-refractivity contribution >= 4 is 49.9 Å². The third-order valence-corrected chi connectivity index (χ3v) is 6.62. The maximum absolute atomic E-state index is 12.9. The lowest BCUT2D eigenvalue weighted by Gasteiger charge is -2.30. The van der Waals surface area contributed by atoms with E-state index in [0.29, 0.717) is 47.5 Å². The second-order valence-corrected chi connectivity index (χ2v) is 10.9. The van der Waals surface area contributed by atoms with Crippen LogP contribution in [0.2, 0.25) is 0 Å². The number of benzene rings is 2. The van der Waals surface area contributed by atoms with Gasteiger partial charge in [0.25, 0.3) is 0 Å². The van der Waals surface area contributed by atoms with Gasteiger partial charge in [0, 0.05) is 41.9 Å². The van der Waals surface area contributed by atoms with Gasteiger partial charge in [-0.3, -0.25) is 9.52 Å². The van der Waals surface area contributed by atoms with Crippen molar-refractivity contribution in [2.24, 2.45) is 0 Å². The zero-order valence-electron chi connectivity index (χ0n) is 19.5. The van der Waals surface area contributed by atoms with Crippen LogP contribution >= 0.6 is 11.8 Å². The van der Waals surface area contributed by atoms with Gasteiger partial charge in [0.1, 0.15) is 0 Å². The summed E-state index contributed by atoms with van der Waals surface area (Å²) in [5, 5.41) is 3.23. The third-order valence-electron chi connectivity index (χ3n) is 5.24. The highest BCUT2D eigenvalue weighted by Crippen LogP contribution is 2.30. The van der Waals surface area contributed by atoms with Gasteiger partial charge >= 0.3 is 0 Å².